The maximum Gasteiger partial charge on any atom is 0.335 e. The van der Waals surface area contributed by atoms with Crippen molar-refractivity contribution in [2.45, 2.75) is 52.0 Å². The van der Waals surface area contributed by atoms with Crippen molar-refractivity contribution < 1.29 is 38.7 Å². The van der Waals surface area contributed by atoms with E-state index in [1.807, 2.05) is 0 Å². The number of carbonyl (C=O) groups is 2. The standard InChI is InChI=1S/C18H26N2O10/c1-18(2,3)16(25)29-9-20-11(22)5-6-19(17(20)26)15-14(28-8-12(23)27-4)13(24)10(7-21)30-15/h5-6,10,13-15,21,24H,7-9H2,1-4H3/t10-,13+,14?,15-/m1/s1. The van der Waals surface area contributed by atoms with E-state index in [4.69, 9.17) is 14.2 Å². The van der Waals surface area contributed by atoms with Crippen molar-refractivity contribution in [1.29, 1.82) is 0 Å². The van der Waals surface area contributed by atoms with Crippen molar-refractivity contribution in [3.63, 3.8) is 0 Å². The van der Waals surface area contributed by atoms with Gasteiger partial charge in [0.1, 0.15) is 24.9 Å². The highest BCUT2D eigenvalue weighted by Crippen LogP contribution is 2.30. The second-order valence-electron chi connectivity index (χ2n) is 7.67. The first-order valence-electron chi connectivity index (χ1n) is 9.13. The Kier molecular flexibility index (Phi) is 7.53. The highest BCUT2D eigenvalue weighted by molar-refractivity contribution is 5.75. The lowest BCUT2D eigenvalue weighted by molar-refractivity contribution is -0.157. The van der Waals surface area contributed by atoms with Gasteiger partial charge in [0, 0.05) is 12.3 Å². The van der Waals surface area contributed by atoms with Gasteiger partial charge in [0.05, 0.1) is 19.1 Å². The first-order valence-corrected chi connectivity index (χ1v) is 9.13. The molecule has 0 aliphatic carbocycles. The Morgan fingerprint density at radius 2 is 1.93 bits per heavy atom. The molecule has 2 rings (SSSR count). The minimum atomic E-state index is -1.37. The average Bonchev–Trinajstić information content (AvgIpc) is 3.00. The maximum absolute atomic E-state index is 12.8. The zero-order chi connectivity index (χ0) is 22.6. The molecule has 2 heterocycles. The summed E-state index contributed by atoms with van der Waals surface area (Å²) in [6.45, 7) is 3.12. The van der Waals surface area contributed by atoms with Gasteiger partial charge in [-0.15, -0.1) is 0 Å². The Balaban J connectivity index is 2.34. The Morgan fingerprint density at radius 1 is 1.27 bits per heavy atom. The number of esters is 2. The number of hydrogen-bond acceptors (Lipinski definition) is 10. The van der Waals surface area contributed by atoms with Crippen LogP contribution in [0.2, 0.25) is 0 Å². The lowest BCUT2D eigenvalue weighted by atomic mass is 9.98. The van der Waals surface area contributed by atoms with Gasteiger partial charge in [-0.3, -0.25) is 14.2 Å². The van der Waals surface area contributed by atoms with Crippen LogP contribution in [0.15, 0.2) is 21.9 Å². The number of rotatable bonds is 7. The van der Waals surface area contributed by atoms with Crippen molar-refractivity contribution in [2.24, 2.45) is 5.41 Å². The molecule has 0 bridgehead atoms. The van der Waals surface area contributed by atoms with Gasteiger partial charge < -0.3 is 29.2 Å². The fourth-order valence-electron chi connectivity index (χ4n) is 2.68. The smallest absolute Gasteiger partial charge is 0.335 e. The minimum Gasteiger partial charge on any atom is -0.467 e. The molecule has 1 aliphatic heterocycles. The predicted molar refractivity (Wildman–Crippen MR) is 99.3 cm³/mol. The summed E-state index contributed by atoms with van der Waals surface area (Å²) >= 11 is 0. The molecule has 0 spiro atoms. The molecule has 1 aliphatic rings. The third kappa shape index (κ3) is 5.14. The fraction of sp³-hybridized carbons (Fsp3) is 0.667. The third-order valence-electron chi connectivity index (χ3n) is 4.42. The molecule has 30 heavy (non-hydrogen) atoms. The van der Waals surface area contributed by atoms with E-state index in [2.05, 4.69) is 4.74 Å². The number of nitrogens with zero attached hydrogens (tertiary/aromatic N) is 2. The van der Waals surface area contributed by atoms with Crippen LogP contribution in [0.5, 0.6) is 0 Å². The molecule has 1 fully saturated rings. The Morgan fingerprint density at radius 3 is 2.50 bits per heavy atom. The van der Waals surface area contributed by atoms with Gasteiger partial charge in [0.15, 0.2) is 13.0 Å². The van der Waals surface area contributed by atoms with Crippen LogP contribution in [0.1, 0.15) is 27.0 Å². The molecule has 1 aromatic heterocycles. The summed E-state index contributed by atoms with van der Waals surface area (Å²) in [5.74, 6) is -1.34. The number of aromatic nitrogens is 2. The molecule has 0 aromatic carbocycles. The number of aliphatic hydroxyl groups is 2. The van der Waals surface area contributed by atoms with Gasteiger partial charge in [-0.25, -0.2) is 14.2 Å². The Bertz CT molecular complexity index is 884. The predicted octanol–water partition coefficient (Wildman–Crippen LogP) is -1.63. The number of carbonyl (C=O) groups excluding carboxylic acids is 2. The fourth-order valence-corrected chi connectivity index (χ4v) is 2.68. The highest BCUT2D eigenvalue weighted by Gasteiger charge is 2.46. The number of ether oxygens (including phenoxy) is 4. The van der Waals surface area contributed by atoms with Crippen LogP contribution in [0, 0.1) is 5.41 Å². The van der Waals surface area contributed by atoms with Crippen LogP contribution in [0.4, 0.5) is 0 Å². The van der Waals surface area contributed by atoms with Gasteiger partial charge >= 0.3 is 17.6 Å². The average molecular weight is 430 g/mol. The van der Waals surface area contributed by atoms with Gasteiger partial charge in [0.25, 0.3) is 5.56 Å². The lowest BCUT2D eigenvalue weighted by Crippen LogP contribution is -2.45. The second-order valence-corrected chi connectivity index (χ2v) is 7.67. The van der Waals surface area contributed by atoms with E-state index in [0.717, 1.165) is 23.9 Å². The molecule has 0 radical (unpaired) electrons. The summed E-state index contributed by atoms with van der Waals surface area (Å²) in [5.41, 5.74) is -2.45. The summed E-state index contributed by atoms with van der Waals surface area (Å²) in [6, 6.07) is 1.05. The second kappa shape index (κ2) is 9.51. The number of hydrogen-bond donors (Lipinski definition) is 2. The normalized spacial score (nSPS) is 23.9. The lowest BCUT2D eigenvalue weighted by Gasteiger charge is -2.23. The monoisotopic (exact) mass is 430 g/mol. The zero-order valence-corrected chi connectivity index (χ0v) is 17.1. The molecule has 0 saturated carbocycles. The van der Waals surface area contributed by atoms with Gasteiger partial charge in [-0.05, 0) is 20.8 Å². The first kappa shape index (κ1) is 23.7. The summed E-state index contributed by atoms with van der Waals surface area (Å²) < 4.78 is 22.0. The molecule has 1 saturated heterocycles. The van der Waals surface area contributed by atoms with Gasteiger partial charge in [0.2, 0.25) is 0 Å². The highest BCUT2D eigenvalue weighted by atomic mass is 16.6. The largest absolute Gasteiger partial charge is 0.467 e. The zero-order valence-electron chi connectivity index (χ0n) is 17.1. The summed E-state index contributed by atoms with van der Waals surface area (Å²) in [5, 5.41) is 19.7. The van der Waals surface area contributed by atoms with Crippen LogP contribution >= 0.6 is 0 Å². The Labute approximate surface area is 171 Å². The van der Waals surface area contributed by atoms with E-state index < -0.39 is 73.1 Å². The Hall–Kier alpha value is -2.54. The van der Waals surface area contributed by atoms with Crippen LogP contribution in [0.3, 0.4) is 0 Å². The van der Waals surface area contributed by atoms with Crippen molar-refractivity contribution in [3.8, 4) is 0 Å². The first-order chi connectivity index (χ1) is 14.0. The minimum absolute atomic E-state index is 0.534. The molecular formula is C18H26N2O10. The molecule has 0 amide bonds. The van der Waals surface area contributed by atoms with E-state index in [1.165, 1.54) is 0 Å². The molecule has 1 unspecified atom stereocenters. The SMILES string of the molecule is COC(=O)COC1[C@@H](O)[C@@H](CO)O[C@H]1n1ccc(=O)n(COC(=O)C(C)(C)C)c1=O. The van der Waals surface area contributed by atoms with Crippen LogP contribution in [0.25, 0.3) is 0 Å². The van der Waals surface area contributed by atoms with E-state index in [9.17, 15) is 29.4 Å². The molecule has 1 aromatic rings. The van der Waals surface area contributed by atoms with Crippen LogP contribution in [-0.2, 0) is 35.3 Å². The molecule has 12 nitrogen and oxygen atoms in total. The number of aliphatic hydroxyl groups excluding tert-OH is 2. The summed E-state index contributed by atoms with van der Waals surface area (Å²) in [6.07, 6.45) is -3.82. The van der Waals surface area contributed by atoms with Crippen molar-refractivity contribution >= 4 is 11.9 Å². The quantitative estimate of drug-likeness (QED) is 0.481. The van der Waals surface area contributed by atoms with E-state index in [-0.39, 0.29) is 0 Å². The van der Waals surface area contributed by atoms with Crippen LogP contribution in [-0.4, -0.2) is 69.9 Å². The van der Waals surface area contributed by atoms with E-state index in [1.54, 1.807) is 20.8 Å². The molecule has 12 heteroatoms. The molecule has 2 N–H and O–H groups in total. The van der Waals surface area contributed by atoms with Crippen molar-refractivity contribution in [2.75, 3.05) is 20.3 Å². The topological polar surface area (TPSA) is 156 Å². The van der Waals surface area contributed by atoms with Crippen molar-refractivity contribution in [1.82, 2.24) is 9.13 Å². The van der Waals surface area contributed by atoms with E-state index in [0.29, 0.717) is 4.57 Å². The summed E-state index contributed by atoms with van der Waals surface area (Å²) in [4.78, 5) is 48.3. The van der Waals surface area contributed by atoms with Crippen LogP contribution < -0.4 is 11.2 Å². The number of methoxy groups -OCH3 is 1. The van der Waals surface area contributed by atoms with E-state index >= 15 is 0 Å². The molecular weight excluding hydrogens is 404 g/mol. The van der Waals surface area contributed by atoms with Gasteiger partial charge in [-0.1, -0.05) is 0 Å². The molecule has 4 atom stereocenters. The van der Waals surface area contributed by atoms with Crippen molar-refractivity contribution in [3.05, 3.63) is 33.1 Å². The maximum atomic E-state index is 12.8. The molecule has 168 valence electrons. The van der Waals surface area contributed by atoms with Gasteiger partial charge in [-0.2, -0.15) is 0 Å². The third-order valence-corrected chi connectivity index (χ3v) is 4.42. The summed E-state index contributed by atoms with van der Waals surface area (Å²) in [7, 11) is 1.15.